The molecule has 0 aliphatic rings. The van der Waals surface area contributed by atoms with Crippen molar-refractivity contribution < 1.29 is 13.5 Å². The Morgan fingerprint density at radius 2 is 1.89 bits per heavy atom. The molecule has 0 saturated carbocycles. The molecule has 100 valence electrons. The van der Waals surface area contributed by atoms with Crippen LogP contribution in [-0.2, 0) is 10.0 Å². The van der Waals surface area contributed by atoms with E-state index in [9.17, 15) is 13.5 Å². The van der Waals surface area contributed by atoms with Gasteiger partial charge in [-0.15, -0.1) is 0 Å². The molecule has 5 nitrogen and oxygen atoms in total. The van der Waals surface area contributed by atoms with Gasteiger partial charge in [0.05, 0.1) is 10.6 Å². The van der Waals surface area contributed by atoms with Crippen LogP contribution in [0.4, 0.5) is 11.4 Å². The Kier molecular flexibility index (Phi) is 3.35. The van der Waals surface area contributed by atoms with Gasteiger partial charge in [-0.25, -0.2) is 8.42 Å². The summed E-state index contributed by atoms with van der Waals surface area (Å²) in [6.45, 7) is 1.77. The molecule has 0 atom stereocenters. The molecule has 0 amide bonds. The van der Waals surface area contributed by atoms with E-state index >= 15 is 0 Å². The number of aryl methyl sites for hydroxylation is 1. The summed E-state index contributed by atoms with van der Waals surface area (Å²) in [6, 6.07) is 10.5. The molecule has 2 aromatic rings. The number of nitrogen functional groups attached to an aromatic ring is 1. The van der Waals surface area contributed by atoms with Crippen molar-refractivity contribution in [3.8, 4) is 5.75 Å². The first-order chi connectivity index (χ1) is 8.87. The van der Waals surface area contributed by atoms with Crippen LogP contribution in [-0.4, -0.2) is 13.5 Å². The Morgan fingerprint density at radius 3 is 2.53 bits per heavy atom. The maximum absolute atomic E-state index is 12.2. The summed E-state index contributed by atoms with van der Waals surface area (Å²) in [5.41, 5.74) is 7.08. The van der Waals surface area contributed by atoms with Gasteiger partial charge in [0.25, 0.3) is 10.0 Å². The molecule has 0 spiro atoms. The second kappa shape index (κ2) is 4.81. The Hall–Kier alpha value is -2.21. The Bertz CT molecular complexity index is 691. The lowest BCUT2D eigenvalue weighted by molar-refractivity contribution is 0.475. The molecule has 0 fully saturated rings. The molecule has 0 radical (unpaired) electrons. The fraction of sp³-hybridized carbons (Fsp3) is 0.0769. The van der Waals surface area contributed by atoms with Gasteiger partial charge in [0, 0.05) is 11.8 Å². The van der Waals surface area contributed by atoms with Gasteiger partial charge in [-0.3, -0.25) is 4.72 Å². The van der Waals surface area contributed by atoms with Gasteiger partial charge in [0.1, 0.15) is 5.75 Å². The molecule has 0 aromatic heterocycles. The molecule has 0 aliphatic heterocycles. The molecule has 2 aromatic carbocycles. The average Bonchev–Trinajstić information content (AvgIpc) is 2.26. The number of hydrogen-bond donors (Lipinski definition) is 3. The molecule has 2 rings (SSSR count). The van der Waals surface area contributed by atoms with E-state index in [4.69, 9.17) is 5.73 Å². The van der Waals surface area contributed by atoms with Crippen molar-refractivity contribution >= 4 is 21.4 Å². The standard InChI is InChI=1S/C13H14N2O3S/c1-9-5-10(14)7-13(6-9)19(17,18)15-11-3-2-4-12(16)8-11/h2-8,15-16H,14H2,1H3. The van der Waals surface area contributed by atoms with Gasteiger partial charge in [-0.2, -0.15) is 0 Å². The van der Waals surface area contributed by atoms with E-state index in [0.29, 0.717) is 11.4 Å². The van der Waals surface area contributed by atoms with Gasteiger partial charge in [-0.05, 0) is 42.8 Å². The summed E-state index contributed by atoms with van der Waals surface area (Å²) < 4.78 is 26.7. The maximum atomic E-state index is 12.2. The predicted molar refractivity (Wildman–Crippen MR) is 74.5 cm³/mol. The number of benzene rings is 2. The van der Waals surface area contributed by atoms with E-state index in [1.165, 1.54) is 24.3 Å². The summed E-state index contributed by atoms with van der Waals surface area (Å²) >= 11 is 0. The second-order valence-electron chi connectivity index (χ2n) is 4.24. The first-order valence-corrected chi connectivity index (χ1v) is 7.04. The third kappa shape index (κ3) is 3.17. The molecular formula is C13H14N2O3S. The van der Waals surface area contributed by atoms with Crippen LogP contribution in [0.15, 0.2) is 47.4 Å². The highest BCUT2D eigenvalue weighted by Gasteiger charge is 2.15. The van der Waals surface area contributed by atoms with E-state index in [-0.39, 0.29) is 10.6 Å². The van der Waals surface area contributed by atoms with E-state index in [2.05, 4.69) is 4.72 Å². The number of rotatable bonds is 3. The highest BCUT2D eigenvalue weighted by molar-refractivity contribution is 7.92. The van der Waals surface area contributed by atoms with Crippen LogP contribution in [0.2, 0.25) is 0 Å². The summed E-state index contributed by atoms with van der Waals surface area (Å²) in [5.74, 6) is -0.0102. The Labute approximate surface area is 111 Å². The van der Waals surface area contributed by atoms with Crippen molar-refractivity contribution in [2.75, 3.05) is 10.5 Å². The first kappa shape index (κ1) is 13.2. The largest absolute Gasteiger partial charge is 0.508 e. The van der Waals surface area contributed by atoms with Crippen LogP contribution in [0.5, 0.6) is 5.75 Å². The summed E-state index contributed by atoms with van der Waals surface area (Å²) in [6.07, 6.45) is 0. The zero-order valence-corrected chi connectivity index (χ0v) is 11.1. The van der Waals surface area contributed by atoms with Crippen molar-refractivity contribution in [3.63, 3.8) is 0 Å². The number of sulfonamides is 1. The van der Waals surface area contributed by atoms with Crippen LogP contribution >= 0.6 is 0 Å². The Balaban J connectivity index is 2.37. The number of nitrogens with two attached hydrogens (primary N) is 1. The number of hydrogen-bond acceptors (Lipinski definition) is 4. The molecule has 0 unspecified atom stereocenters. The van der Waals surface area contributed by atoms with E-state index in [1.54, 1.807) is 25.1 Å². The molecule has 0 heterocycles. The van der Waals surface area contributed by atoms with Gasteiger partial charge >= 0.3 is 0 Å². The lowest BCUT2D eigenvalue weighted by Gasteiger charge is -2.09. The third-order valence-corrected chi connectivity index (χ3v) is 3.84. The zero-order chi connectivity index (χ0) is 14.0. The molecule has 0 bridgehead atoms. The van der Waals surface area contributed by atoms with Crippen LogP contribution < -0.4 is 10.5 Å². The normalized spacial score (nSPS) is 11.2. The maximum Gasteiger partial charge on any atom is 0.261 e. The molecule has 4 N–H and O–H groups in total. The van der Waals surface area contributed by atoms with Crippen molar-refractivity contribution in [1.29, 1.82) is 0 Å². The number of aromatic hydroxyl groups is 1. The highest BCUT2D eigenvalue weighted by Crippen LogP contribution is 2.22. The highest BCUT2D eigenvalue weighted by atomic mass is 32.2. The quantitative estimate of drug-likeness (QED) is 0.749. The minimum Gasteiger partial charge on any atom is -0.508 e. The van der Waals surface area contributed by atoms with Crippen LogP contribution in [0.3, 0.4) is 0 Å². The summed E-state index contributed by atoms with van der Waals surface area (Å²) in [4.78, 5) is 0.0911. The number of phenols is 1. The number of phenolic OH excluding ortho intramolecular Hbond substituents is 1. The minimum atomic E-state index is -3.72. The molecule has 6 heteroatoms. The Morgan fingerprint density at radius 1 is 1.16 bits per heavy atom. The van der Waals surface area contributed by atoms with Gasteiger partial charge < -0.3 is 10.8 Å². The monoisotopic (exact) mass is 278 g/mol. The second-order valence-corrected chi connectivity index (χ2v) is 5.92. The molecule has 0 saturated heterocycles. The molecule has 0 aliphatic carbocycles. The van der Waals surface area contributed by atoms with Crippen molar-refractivity contribution in [2.45, 2.75) is 11.8 Å². The number of anilines is 2. The van der Waals surface area contributed by atoms with Crippen molar-refractivity contribution in [1.82, 2.24) is 0 Å². The van der Waals surface area contributed by atoms with Gasteiger partial charge in [0.2, 0.25) is 0 Å². The van der Waals surface area contributed by atoms with Gasteiger partial charge in [0.15, 0.2) is 0 Å². The van der Waals surface area contributed by atoms with Crippen LogP contribution in [0.1, 0.15) is 5.56 Å². The average molecular weight is 278 g/mol. The predicted octanol–water partition coefficient (Wildman–Crippen LogP) is 2.08. The molecular weight excluding hydrogens is 264 g/mol. The lowest BCUT2D eigenvalue weighted by Crippen LogP contribution is -2.13. The van der Waals surface area contributed by atoms with E-state index < -0.39 is 10.0 Å². The third-order valence-electron chi connectivity index (χ3n) is 2.48. The van der Waals surface area contributed by atoms with E-state index in [0.717, 1.165) is 5.56 Å². The molecule has 19 heavy (non-hydrogen) atoms. The SMILES string of the molecule is Cc1cc(N)cc(S(=O)(=O)Nc2cccc(O)c2)c1. The van der Waals surface area contributed by atoms with Gasteiger partial charge in [-0.1, -0.05) is 6.07 Å². The lowest BCUT2D eigenvalue weighted by atomic mass is 10.2. The topological polar surface area (TPSA) is 92.4 Å². The van der Waals surface area contributed by atoms with E-state index in [1.807, 2.05) is 0 Å². The minimum absolute atomic E-state index is 0.0102. The van der Waals surface area contributed by atoms with Crippen LogP contribution in [0, 0.1) is 6.92 Å². The first-order valence-electron chi connectivity index (χ1n) is 5.56. The van der Waals surface area contributed by atoms with Crippen LogP contribution in [0.25, 0.3) is 0 Å². The zero-order valence-electron chi connectivity index (χ0n) is 10.3. The fourth-order valence-electron chi connectivity index (χ4n) is 1.72. The summed E-state index contributed by atoms with van der Waals surface area (Å²) in [7, 11) is -3.72. The summed E-state index contributed by atoms with van der Waals surface area (Å²) in [5, 5.41) is 9.31. The fourth-order valence-corrected chi connectivity index (χ4v) is 2.90. The number of nitrogens with one attached hydrogen (secondary N) is 1. The van der Waals surface area contributed by atoms with Crippen molar-refractivity contribution in [3.05, 3.63) is 48.0 Å². The smallest absolute Gasteiger partial charge is 0.261 e. The van der Waals surface area contributed by atoms with Crippen molar-refractivity contribution in [2.24, 2.45) is 0 Å².